The fourth-order valence-corrected chi connectivity index (χ4v) is 3.47. The fraction of sp³-hybridized carbons (Fsp3) is 0.455. The Balaban J connectivity index is 1.37. The SMILES string of the molecule is COc1ccc(CCNC(=O)C(C)N2CCN(Cc3ccccn3)CC2)cc1. The quantitative estimate of drug-likeness (QED) is 0.756. The van der Waals surface area contributed by atoms with Crippen molar-refractivity contribution in [2.24, 2.45) is 0 Å². The minimum absolute atomic E-state index is 0.103. The summed E-state index contributed by atoms with van der Waals surface area (Å²) in [6.07, 6.45) is 2.66. The van der Waals surface area contributed by atoms with E-state index in [9.17, 15) is 4.79 Å². The largest absolute Gasteiger partial charge is 0.497 e. The average Bonchev–Trinajstić information content (AvgIpc) is 2.75. The molecule has 0 bridgehead atoms. The normalized spacial score (nSPS) is 16.5. The molecule has 1 aliphatic heterocycles. The van der Waals surface area contributed by atoms with Crippen LogP contribution < -0.4 is 10.1 Å². The number of carbonyl (C=O) groups excluding carboxylic acids is 1. The molecule has 6 nitrogen and oxygen atoms in total. The Bertz CT molecular complexity index is 728. The molecule has 0 aliphatic carbocycles. The zero-order chi connectivity index (χ0) is 19.8. The number of pyridine rings is 1. The lowest BCUT2D eigenvalue weighted by Crippen LogP contribution is -2.53. The second kappa shape index (κ2) is 10.2. The predicted molar refractivity (Wildman–Crippen MR) is 110 cm³/mol. The molecule has 6 heteroatoms. The van der Waals surface area contributed by atoms with Crippen molar-refractivity contribution in [3.8, 4) is 5.75 Å². The van der Waals surface area contributed by atoms with Crippen LogP contribution in [0.15, 0.2) is 48.7 Å². The van der Waals surface area contributed by atoms with Gasteiger partial charge >= 0.3 is 0 Å². The molecule has 2 heterocycles. The van der Waals surface area contributed by atoms with E-state index in [4.69, 9.17) is 4.74 Å². The van der Waals surface area contributed by atoms with Crippen molar-refractivity contribution >= 4 is 5.91 Å². The molecule has 2 aromatic rings. The minimum Gasteiger partial charge on any atom is -0.497 e. The second-order valence-corrected chi connectivity index (χ2v) is 7.20. The van der Waals surface area contributed by atoms with E-state index in [-0.39, 0.29) is 11.9 Å². The number of nitrogens with zero attached hydrogens (tertiary/aromatic N) is 3. The van der Waals surface area contributed by atoms with Crippen molar-refractivity contribution in [3.05, 3.63) is 59.9 Å². The molecule has 1 amide bonds. The van der Waals surface area contributed by atoms with Crippen LogP contribution in [0.1, 0.15) is 18.2 Å². The lowest BCUT2D eigenvalue weighted by molar-refractivity contribution is -0.126. The molecule has 1 saturated heterocycles. The first-order chi connectivity index (χ1) is 13.7. The number of piperazine rings is 1. The van der Waals surface area contributed by atoms with Gasteiger partial charge in [0.1, 0.15) is 5.75 Å². The molecule has 1 atom stereocenters. The maximum Gasteiger partial charge on any atom is 0.237 e. The van der Waals surface area contributed by atoms with Gasteiger partial charge in [-0.3, -0.25) is 19.6 Å². The van der Waals surface area contributed by atoms with Crippen LogP contribution in [0, 0.1) is 0 Å². The summed E-state index contributed by atoms with van der Waals surface area (Å²) in [7, 11) is 1.66. The molecule has 1 aliphatic rings. The highest BCUT2D eigenvalue weighted by Crippen LogP contribution is 2.12. The van der Waals surface area contributed by atoms with E-state index in [0.717, 1.165) is 50.6 Å². The van der Waals surface area contributed by atoms with Gasteiger partial charge in [-0.15, -0.1) is 0 Å². The third-order valence-electron chi connectivity index (χ3n) is 5.32. The van der Waals surface area contributed by atoms with E-state index in [2.05, 4.69) is 26.2 Å². The Morgan fingerprint density at radius 3 is 2.54 bits per heavy atom. The monoisotopic (exact) mass is 382 g/mol. The van der Waals surface area contributed by atoms with Gasteiger partial charge in [0.25, 0.3) is 0 Å². The number of benzene rings is 1. The van der Waals surface area contributed by atoms with E-state index in [0.29, 0.717) is 6.54 Å². The molecule has 28 heavy (non-hydrogen) atoms. The number of ether oxygens (including phenoxy) is 1. The van der Waals surface area contributed by atoms with Crippen molar-refractivity contribution < 1.29 is 9.53 Å². The predicted octanol–water partition coefficient (Wildman–Crippen LogP) is 1.96. The summed E-state index contributed by atoms with van der Waals surface area (Å²) in [5.74, 6) is 0.954. The van der Waals surface area contributed by atoms with Crippen molar-refractivity contribution in [1.82, 2.24) is 20.1 Å². The molecule has 150 valence electrons. The summed E-state index contributed by atoms with van der Waals surface area (Å²) >= 11 is 0. The van der Waals surface area contributed by atoms with E-state index in [1.54, 1.807) is 7.11 Å². The summed E-state index contributed by atoms with van der Waals surface area (Å²) in [5, 5.41) is 3.07. The maximum atomic E-state index is 12.5. The van der Waals surface area contributed by atoms with Crippen LogP contribution in [0.3, 0.4) is 0 Å². The Labute approximate surface area is 167 Å². The number of rotatable bonds is 8. The highest BCUT2D eigenvalue weighted by molar-refractivity contribution is 5.81. The molecule has 1 aromatic carbocycles. The summed E-state index contributed by atoms with van der Waals surface area (Å²) < 4.78 is 5.17. The molecule has 1 N–H and O–H groups in total. The van der Waals surface area contributed by atoms with Gasteiger partial charge in [0, 0.05) is 45.5 Å². The number of methoxy groups -OCH3 is 1. The summed E-state index contributed by atoms with van der Waals surface area (Å²) in [6, 6.07) is 13.9. The van der Waals surface area contributed by atoms with Crippen LogP contribution in [0.25, 0.3) is 0 Å². The van der Waals surface area contributed by atoms with Gasteiger partial charge in [0.05, 0.1) is 18.8 Å². The third kappa shape index (κ3) is 5.78. The van der Waals surface area contributed by atoms with E-state index in [1.165, 1.54) is 5.56 Å². The van der Waals surface area contributed by atoms with Gasteiger partial charge < -0.3 is 10.1 Å². The molecule has 1 aromatic heterocycles. The number of amides is 1. The molecule has 0 spiro atoms. The van der Waals surface area contributed by atoms with Crippen LogP contribution in [0.5, 0.6) is 5.75 Å². The smallest absolute Gasteiger partial charge is 0.237 e. The number of hydrogen-bond donors (Lipinski definition) is 1. The molecule has 0 radical (unpaired) electrons. The van der Waals surface area contributed by atoms with Crippen LogP contribution in [0.4, 0.5) is 0 Å². The van der Waals surface area contributed by atoms with E-state index >= 15 is 0 Å². The Hall–Kier alpha value is -2.44. The number of nitrogens with one attached hydrogen (secondary N) is 1. The first-order valence-electron chi connectivity index (χ1n) is 9.92. The van der Waals surface area contributed by atoms with Crippen molar-refractivity contribution in [3.63, 3.8) is 0 Å². The maximum absolute atomic E-state index is 12.5. The van der Waals surface area contributed by atoms with Gasteiger partial charge in [-0.1, -0.05) is 18.2 Å². The first-order valence-corrected chi connectivity index (χ1v) is 9.92. The number of aromatic nitrogens is 1. The molecule has 1 fully saturated rings. The molecular weight excluding hydrogens is 352 g/mol. The van der Waals surface area contributed by atoms with Gasteiger partial charge in [0.15, 0.2) is 0 Å². The van der Waals surface area contributed by atoms with Crippen molar-refractivity contribution in [1.29, 1.82) is 0 Å². The first kappa shape index (κ1) is 20.3. The average molecular weight is 383 g/mol. The summed E-state index contributed by atoms with van der Waals surface area (Å²) in [5.41, 5.74) is 2.29. The number of carbonyl (C=O) groups is 1. The van der Waals surface area contributed by atoms with Crippen LogP contribution in [-0.2, 0) is 17.8 Å². The van der Waals surface area contributed by atoms with Crippen molar-refractivity contribution in [2.45, 2.75) is 25.9 Å². The lowest BCUT2D eigenvalue weighted by atomic mass is 10.1. The van der Waals surface area contributed by atoms with Crippen LogP contribution >= 0.6 is 0 Å². The topological polar surface area (TPSA) is 57.7 Å². The number of hydrogen-bond acceptors (Lipinski definition) is 5. The van der Waals surface area contributed by atoms with Gasteiger partial charge in [-0.25, -0.2) is 0 Å². The highest BCUT2D eigenvalue weighted by atomic mass is 16.5. The Morgan fingerprint density at radius 1 is 1.14 bits per heavy atom. The zero-order valence-electron chi connectivity index (χ0n) is 16.8. The standard InChI is InChI=1S/C22H30N4O2/c1-18(22(27)24-12-10-19-6-8-21(28-2)9-7-19)26-15-13-25(14-16-26)17-20-5-3-4-11-23-20/h3-9,11,18H,10,12-17H2,1-2H3,(H,24,27). The summed E-state index contributed by atoms with van der Waals surface area (Å²) in [4.78, 5) is 21.6. The molecule has 1 unspecified atom stereocenters. The van der Waals surface area contributed by atoms with Gasteiger partial charge in [0.2, 0.25) is 5.91 Å². The third-order valence-corrected chi connectivity index (χ3v) is 5.32. The van der Waals surface area contributed by atoms with E-state index < -0.39 is 0 Å². The Morgan fingerprint density at radius 2 is 1.89 bits per heavy atom. The molecule has 0 saturated carbocycles. The second-order valence-electron chi connectivity index (χ2n) is 7.20. The minimum atomic E-state index is -0.104. The van der Waals surface area contributed by atoms with Crippen molar-refractivity contribution in [2.75, 3.05) is 39.8 Å². The fourth-order valence-electron chi connectivity index (χ4n) is 3.47. The van der Waals surface area contributed by atoms with Gasteiger partial charge in [-0.2, -0.15) is 0 Å². The zero-order valence-corrected chi connectivity index (χ0v) is 16.8. The lowest BCUT2D eigenvalue weighted by Gasteiger charge is -2.37. The molecular formula is C22H30N4O2. The highest BCUT2D eigenvalue weighted by Gasteiger charge is 2.25. The Kier molecular flexibility index (Phi) is 7.39. The summed E-state index contributed by atoms with van der Waals surface area (Å²) in [6.45, 7) is 7.24. The van der Waals surface area contributed by atoms with Crippen LogP contribution in [-0.4, -0.2) is 66.6 Å². The van der Waals surface area contributed by atoms with E-state index in [1.807, 2.05) is 49.5 Å². The van der Waals surface area contributed by atoms with Crippen LogP contribution in [0.2, 0.25) is 0 Å². The van der Waals surface area contributed by atoms with Gasteiger partial charge in [-0.05, 0) is 43.2 Å². The molecule has 3 rings (SSSR count).